The van der Waals surface area contributed by atoms with Crippen LogP contribution in [0.4, 0.5) is 10.1 Å². The van der Waals surface area contributed by atoms with Gasteiger partial charge in [0.05, 0.1) is 5.69 Å². The average molecular weight is 393 g/mol. The van der Waals surface area contributed by atoms with Gasteiger partial charge in [-0.15, -0.1) is 0 Å². The van der Waals surface area contributed by atoms with E-state index in [1.807, 2.05) is 5.38 Å². The zero-order chi connectivity index (χ0) is 16.2. The van der Waals surface area contributed by atoms with Gasteiger partial charge in [-0.2, -0.15) is 0 Å². The number of thiazole rings is 1. The van der Waals surface area contributed by atoms with E-state index in [1.165, 1.54) is 23.5 Å². The Hall–Kier alpha value is -2.25. The SMILES string of the molecule is O=C(Nc1ccc(Br)cc1F)c1ccc(Oc2nccs2)cc1. The van der Waals surface area contributed by atoms with Crippen molar-refractivity contribution in [3.05, 3.63) is 69.9 Å². The van der Waals surface area contributed by atoms with E-state index in [-0.39, 0.29) is 5.69 Å². The van der Waals surface area contributed by atoms with Gasteiger partial charge in [-0.1, -0.05) is 27.3 Å². The molecule has 2 aromatic carbocycles. The molecule has 3 aromatic rings. The molecular weight excluding hydrogens is 383 g/mol. The first-order valence-corrected chi connectivity index (χ1v) is 8.23. The molecular formula is C16H10BrFN2O2S. The van der Waals surface area contributed by atoms with Crippen molar-refractivity contribution >= 4 is 38.9 Å². The summed E-state index contributed by atoms with van der Waals surface area (Å²) >= 11 is 4.54. The molecule has 0 fully saturated rings. The Morgan fingerprint density at radius 2 is 2.00 bits per heavy atom. The van der Waals surface area contributed by atoms with Gasteiger partial charge in [0.1, 0.15) is 11.6 Å². The fourth-order valence-electron chi connectivity index (χ4n) is 1.82. The van der Waals surface area contributed by atoms with Crippen LogP contribution < -0.4 is 10.1 Å². The van der Waals surface area contributed by atoms with Gasteiger partial charge in [-0.05, 0) is 42.5 Å². The highest BCUT2D eigenvalue weighted by Gasteiger charge is 2.10. The summed E-state index contributed by atoms with van der Waals surface area (Å²) in [7, 11) is 0. The Kier molecular flexibility index (Phi) is 4.68. The molecule has 0 spiro atoms. The molecule has 3 rings (SSSR count). The van der Waals surface area contributed by atoms with Crippen molar-refractivity contribution in [2.45, 2.75) is 0 Å². The number of nitrogens with one attached hydrogen (secondary N) is 1. The summed E-state index contributed by atoms with van der Waals surface area (Å²) < 4.78 is 19.9. The van der Waals surface area contributed by atoms with E-state index < -0.39 is 11.7 Å². The van der Waals surface area contributed by atoms with Crippen molar-refractivity contribution in [3.63, 3.8) is 0 Å². The number of nitrogens with zero attached hydrogens (tertiary/aromatic N) is 1. The molecule has 0 bridgehead atoms. The summed E-state index contributed by atoms with van der Waals surface area (Å²) in [6.07, 6.45) is 1.65. The van der Waals surface area contributed by atoms with E-state index in [0.717, 1.165) is 0 Å². The predicted molar refractivity (Wildman–Crippen MR) is 90.7 cm³/mol. The van der Waals surface area contributed by atoms with Gasteiger partial charge in [0, 0.05) is 21.6 Å². The van der Waals surface area contributed by atoms with E-state index in [4.69, 9.17) is 4.74 Å². The number of anilines is 1. The zero-order valence-electron chi connectivity index (χ0n) is 11.6. The molecule has 4 nitrogen and oxygen atoms in total. The number of rotatable bonds is 4. The summed E-state index contributed by atoms with van der Waals surface area (Å²) in [5.41, 5.74) is 0.528. The minimum absolute atomic E-state index is 0.126. The third kappa shape index (κ3) is 3.94. The topological polar surface area (TPSA) is 51.2 Å². The molecule has 7 heteroatoms. The first-order chi connectivity index (χ1) is 11.1. The second-order valence-corrected chi connectivity index (χ2v) is 6.28. The molecule has 1 aromatic heterocycles. The van der Waals surface area contributed by atoms with Crippen LogP contribution >= 0.6 is 27.3 Å². The summed E-state index contributed by atoms with van der Waals surface area (Å²) in [5, 5.41) is 4.87. The molecule has 0 aliphatic rings. The molecule has 1 N–H and O–H groups in total. The highest BCUT2D eigenvalue weighted by atomic mass is 79.9. The Balaban J connectivity index is 1.70. The van der Waals surface area contributed by atoms with Crippen LogP contribution in [0.25, 0.3) is 0 Å². The van der Waals surface area contributed by atoms with E-state index >= 15 is 0 Å². The van der Waals surface area contributed by atoms with Gasteiger partial charge < -0.3 is 10.1 Å². The molecule has 0 atom stereocenters. The number of halogens is 2. The summed E-state index contributed by atoms with van der Waals surface area (Å²) in [6, 6.07) is 11.0. The third-order valence-corrected chi connectivity index (χ3v) is 4.05. The lowest BCUT2D eigenvalue weighted by Crippen LogP contribution is -2.12. The number of aromatic nitrogens is 1. The lowest BCUT2D eigenvalue weighted by Gasteiger charge is -2.07. The summed E-state index contributed by atoms with van der Waals surface area (Å²) in [5.74, 6) is -0.324. The fourth-order valence-corrected chi connectivity index (χ4v) is 2.66. The number of benzene rings is 2. The molecule has 1 heterocycles. The average Bonchev–Trinajstić information content (AvgIpc) is 3.04. The van der Waals surface area contributed by atoms with Crippen LogP contribution in [-0.4, -0.2) is 10.9 Å². The largest absolute Gasteiger partial charge is 0.431 e. The van der Waals surface area contributed by atoms with Gasteiger partial charge >= 0.3 is 0 Å². The molecule has 0 radical (unpaired) electrons. The Labute approximate surface area is 144 Å². The maximum atomic E-state index is 13.7. The quantitative estimate of drug-likeness (QED) is 0.672. The lowest BCUT2D eigenvalue weighted by molar-refractivity contribution is 0.102. The monoisotopic (exact) mass is 392 g/mol. The van der Waals surface area contributed by atoms with Crippen LogP contribution in [0.1, 0.15) is 10.4 Å². The predicted octanol–water partition coefficient (Wildman–Crippen LogP) is 5.09. The summed E-state index contributed by atoms with van der Waals surface area (Å²) in [4.78, 5) is 16.2. The van der Waals surface area contributed by atoms with Crippen LogP contribution in [-0.2, 0) is 0 Å². The van der Waals surface area contributed by atoms with Gasteiger partial charge in [0.15, 0.2) is 0 Å². The fraction of sp³-hybridized carbons (Fsp3) is 0. The minimum atomic E-state index is -0.503. The number of amides is 1. The normalized spacial score (nSPS) is 10.3. The number of hydrogen-bond donors (Lipinski definition) is 1. The van der Waals surface area contributed by atoms with Crippen molar-refractivity contribution in [2.24, 2.45) is 0 Å². The van der Waals surface area contributed by atoms with Gasteiger partial charge in [-0.3, -0.25) is 4.79 Å². The van der Waals surface area contributed by atoms with E-state index in [0.29, 0.717) is 21.0 Å². The number of hydrogen-bond acceptors (Lipinski definition) is 4. The molecule has 0 saturated heterocycles. The molecule has 0 aliphatic carbocycles. The second kappa shape index (κ2) is 6.89. The zero-order valence-corrected chi connectivity index (χ0v) is 14.0. The Morgan fingerprint density at radius 1 is 1.22 bits per heavy atom. The van der Waals surface area contributed by atoms with E-state index in [9.17, 15) is 9.18 Å². The Morgan fingerprint density at radius 3 is 2.65 bits per heavy atom. The number of ether oxygens (including phenoxy) is 1. The summed E-state index contributed by atoms with van der Waals surface area (Å²) in [6.45, 7) is 0. The molecule has 0 aliphatic heterocycles. The minimum Gasteiger partial charge on any atom is -0.431 e. The van der Waals surface area contributed by atoms with Crippen LogP contribution in [0, 0.1) is 5.82 Å². The van der Waals surface area contributed by atoms with Gasteiger partial charge in [-0.25, -0.2) is 9.37 Å². The first kappa shape index (κ1) is 15.6. The second-order valence-electron chi connectivity index (χ2n) is 4.50. The molecule has 1 amide bonds. The van der Waals surface area contributed by atoms with E-state index in [1.54, 1.807) is 36.5 Å². The van der Waals surface area contributed by atoms with Gasteiger partial charge in [0.25, 0.3) is 11.1 Å². The maximum absolute atomic E-state index is 13.7. The van der Waals surface area contributed by atoms with Crippen LogP contribution in [0.2, 0.25) is 0 Å². The standard InChI is InChI=1S/C16H10BrFN2O2S/c17-11-3-6-14(13(18)9-11)20-15(21)10-1-4-12(5-2-10)22-16-19-7-8-23-16/h1-9H,(H,20,21). The van der Waals surface area contributed by atoms with Crippen molar-refractivity contribution in [1.82, 2.24) is 4.98 Å². The first-order valence-electron chi connectivity index (χ1n) is 6.55. The lowest BCUT2D eigenvalue weighted by atomic mass is 10.2. The highest BCUT2D eigenvalue weighted by molar-refractivity contribution is 9.10. The van der Waals surface area contributed by atoms with E-state index in [2.05, 4.69) is 26.2 Å². The van der Waals surface area contributed by atoms with Gasteiger partial charge in [0.2, 0.25) is 0 Å². The van der Waals surface area contributed by atoms with Crippen LogP contribution in [0.5, 0.6) is 10.9 Å². The highest BCUT2D eigenvalue weighted by Crippen LogP contribution is 2.24. The van der Waals surface area contributed by atoms with Crippen molar-refractivity contribution < 1.29 is 13.9 Å². The van der Waals surface area contributed by atoms with Crippen LogP contribution in [0.3, 0.4) is 0 Å². The third-order valence-electron chi connectivity index (χ3n) is 2.91. The maximum Gasteiger partial charge on any atom is 0.278 e. The number of carbonyl (C=O) groups is 1. The molecule has 0 unspecified atom stereocenters. The molecule has 23 heavy (non-hydrogen) atoms. The van der Waals surface area contributed by atoms with Crippen molar-refractivity contribution in [3.8, 4) is 10.9 Å². The molecule has 116 valence electrons. The smallest absolute Gasteiger partial charge is 0.278 e. The van der Waals surface area contributed by atoms with Crippen LogP contribution in [0.15, 0.2) is 58.5 Å². The molecule has 0 saturated carbocycles. The van der Waals surface area contributed by atoms with Crippen molar-refractivity contribution in [2.75, 3.05) is 5.32 Å². The Bertz CT molecular complexity index is 823. The number of carbonyl (C=O) groups excluding carboxylic acids is 1. The van der Waals surface area contributed by atoms with Crippen molar-refractivity contribution in [1.29, 1.82) is 0 Å².